The first-order valence-corrected chi connectivity index (χ1v) is 20.3. The van der Waals surface area contributed by atoms with Gasteiger partial charge < -0.3 is 25.8 Å². The van der Waals surface area contributed by atoms with Crippen molar-refractivity contribution in [3.05, 3.63) is 109 Å². The normalized spacial score (nSPS) is 18.1. The van der Waals surface area contributed by atoms with E-state index in [0.717, 1.165) is 74.5 Å². The van der Waals surface area contributed by atoms with Crippen molar-refractivity contribution in [3.63, 3.8) is 0 Å². The first kappa shape index (κ1) is 39.0. The zero-order valence-corrected chi connectivity index (χ0v) is 33.0. The van der Waals surface area contributed by atoms with Gasteiger partial charge >= 0.3 is 0 Å². The lowest BCUT2D eigenvalue weighted by Gasteiger charge is -2.43. The number of piperidine rings is 2. The van der Waals surface area contributed by atoms with E-state index in [-0.39, 0.29) is 23.8 Å². The summed E-state index contributed by atoms with van der Waals surface area (Å²) in [6.07, 6.45) is 8.34. The Morgan fingerprint density at radius 2 is 1.52 bits per heavy atom. The summed E-state index contributed by atoms with van der Waals surface area (Å²) in [6, 6.07) is 28.5. The minimum atomic E-state index is -0.385. The molecule has 3 amide bonds. The summed E-state index contributed by atoms with van der Waals surface area (Å²) >= 11 is 6.56. The lowest BCUT2D eigenvalue weighted by molar-refractivity contribution is -0.133. The molecule has 1 unspecified atom stereocenters. The van der Waals surface area contributed by atoms with E-state index in [2.05, 4.69) is 82.3 Å². The number of pyridine rings is 1. The molecule has 8 rings (SSSR count). The van der Waals surface area contributed by atoms with Crippen molar-refractivity contribution in [3.8, 4) is 22.4 Å². The van der Waals surface area contributed by atoms with E-state index in [4.69, 9.17) is 16.6 Å². The number of nitrogens with zero attached hydrogens (tertiary/aromatic N) is 6. The molecule has 3 fully saturated rings. The Kier molecular flexibility index (Phi) is 12.2. The number of imide groups is 1. The number of aromatic nitrogens is 3. The quantitative estimate of drug-likeness (QED) is 0.104. The number of nitrogens with one attached hydrogen (secondary N) is 4. The Hall–Kier alpha value is -5.89. The van der Waals surface area contributed by atoms with E-state index in [1.54, 1.807) is 18.6 Å². The molecule has 0 spiro atoms. The Morgan fingerprint density at radius 1 is 0.776 bits per heavy atom. The van der Waals surface area contributed by atoms with Gasteiger partial charge in [-0.2, -0.15) is 0 Å². The molecular weight excluding hydrogens is 752 g/mol. The molecule has 4 N–H and O–H groups in total. The fourth-order valence-electron chi connectivity index (χ4n) is 7.94. The number of hydrogen-bond donors (Lipinski definition) is 4. The molecule has 3 aliphatic heterocycles. The number of piperazine rings is 1. The van der Waals surface area contributed by atoms with Gasteiger partial charge in [-0.15, -0.1) is 0 Å². The predicted octanol–water partition coefficient (Wildman–Crippen LogP) is 6.43. The second-order valence-corrected chi connectivity index (χ2v) is 15.4. The SMILES string of the molecule is O=C1CCC(Nc2ccc(N3CCC(N4CCN(CCC(=O)Nc5cncc(Nc6ncc(Cl)c(-c7cccc(-c8ccccc8)c7)n6)c5)CC4)CC3)cc2)C(=O)N1. The zero-order valence-electron chi connectivity index (χ0n) is 32.2. The minimum absolute atomic E-state index is 0.0585. The summed E-state index contributed by atoms with van der Waals surface area (Å²) < 4.78 is 0. The van der Waals surface area contributed by atoms with Gasteiger partial charge in [-0.1, -0.05) is 60.1 Å². The van der Waals surface area contributed by atoms with Crippen molar-refractivity contribution in [2.45, 2.75) is 44.2 Å². The van der Waals surface area contributed by atoms with Crippen LogP contribution in [0.2, 0.25) is 5.02 Å². The van der Waals surface area contributed by atoms with Crippen molar-refractivity contribution in [1.82, 2.24) is 30.1 Å². The molecule has 0 aliphatic carbocycles. The van der Waals surface area contributed by atoms with Crippen LogP contribution in [0.5, 0.6) is 0 Å². The summed E-state index contributed by atoms with van der Waals surface area (Å²) in [6.45, 7) is 6.56. The van der Waals surface area contributed by atoms with Gasteiger partial charge in [-0.25, -0.2) is 9.97 Å². The number of amides is 3. The maximum absolute atomic E-state index is 13.0. The molecule has 0 radical (unpaired) electrons. The average Bonchev–Trinajstić information content (AvgIpc) is 3.26. The van der Waals surface area contributed by atoms with Crippen molar-refractivity contribution < 1.29 is 14.4 Å². The van der Waals surface area contributed by atoms with Crippen LogP contribution in [0.25, 0.3) is 22.4 Å². The molecule has 3 aliphatic rings. The third kappa shape index (κ3) is 9.79. The van der Waals surface area contributed by atoms with Crippen LogP contribution in [-0.2, 0) is 14.4 Å². The fourth-order valence-corrected chi connectivity index (χ4v) is 8.14. The second-order valence-electron chi connectivity index (χ2n) is 15.0. The Labute approximate surface area is 343 Å². The largest absolute Gasteiger partial charge is 0.374 e. The number of rotatable bonds is 12. The van der Waals surface area contributed by atoms with Gasteiger partial charge in [0.2, 0.25) is 23.7 Å². The molecule has 2 aromatic heterocycles. The van der Waals surface area contributed by atoms with Gasteiger partial charge in [0.05, 0.1) is 40.7 Å². The molecular formula is C44H47ClN10O3. The number of carbonyl (C=O) groups is 3. The number of halogens is 1. The van der Waals surface area contributed by atoms with E-state index in [1.807, 2.05) is 48.5 Å². The fraction of sp³-hybridized carbons (Fsp3) is 0.318. The van der Waals surface area contributed by atoms with Crippen LogP contribution in [0.4, 0.5) is 28.7 Å². The standard InChI is InChI=1S/C44H47ClN10O3/c45-38-29-47-44(52-42(38)32-8-4-7-31(25-32)30-5-2-1-3-6-30)50-35-26-34(27-46-28-35)49-41(57)17-18-53-21-23-55(24-22-53)37-15-19-54(20-16-37)36-11-9-33(10-12-36)48-39-13-14-40(56)51-43(39)58/h1-12,25-29,37,39,48H,13-24H2,(H,49,57)(H,47,50,52)(H,51,56,58). The highest BCUT2D eigenvalue weighted by Crippen LogP contribution is 2.31. The molecule has 13 nitrogen and oxygen atoms in total. The maximum atomic E-state index is 13.0. The summed E-state index contributed by atoms with van der Waals surface area (Å²) in [5, 5.41) is 12.3. The van der Waals surface area contributed by atoms with Crippen LogP contribution in [0.3, 0.4) is 0 Å². The molecule has 14 heteroatoms. The Bertz CT molecular complexity index is 2230. The van der Waals surface area contributed by atoms with Crippen LogP contribution < -0.4 is 26.2 Å². The monoisotopic (exact) mass is 798 g/mol. The summed E-state index contributed by atoms with van der Waals surface area (Å²) in [7, 11) is 0. The highest BCUT2D eigenvalue weighted by atomic mass is 35.5. The maximum Gasteiger partial charge on any atom is 0.249 e. The first-order valence-electron chi connectivity index (χ1n) is 19.9. The minimum Gasteiger partial charge on any atom is -0.374 e. The number of carbonyl (C=O) groups excluding carboxylic acids is 3. The Balaban J connectivity index is 0.763. The highest BCUT2D eigenvalue weighted by molar-refractivity contribution is 6.33. The van der Waals surface area contributed by atoms with Crippen molar-refractivity contribution in [2.75, 3.05) is 66.7 Å². The van der Waals surface area contributed by atoms with E-state index in [9.17, 15) is 14.4 Å². The van der Waals surface area contributed by atoms with Gasteiger partial charge in [0.15, 0.2) is 0 Å². The van der Waals surface area contributed by atoms with Gasteiger partial charge in [0.1, 0.15) is 6.04 Å². The van der Waals surface area contributed by atoms with E-state index < -0.39 is 0 Å². The van der Waals surface area contributed by atoms with Crippen molar-refractivity contribution in [2.24, 2.45) is 0 Å². The van der Waals surface area contributed by atoms with Gasteiger partial charge in [-0.3, -0.25) is 29.6 Å². The molecule has 5 heterocycles. The second kappa shape index (κ2) is 18.1. The molecule has 3 saturated heterocycles. The van der Waals surface area contributed by atoms with Crippen molar-refractivity contribution in [1.29, 1.82) is 0 Å². The average molecular weight is 799 g/mol. The molecule has 0 saturated carbocycles. The van der Waals surface area contributed by atoms with Gasteiger partial charge in [0, 0.05) is 81.6 Å². The third-order valence-corrected chi connectivity index (χ3v) is 11.4. The number of hydrogen-bond acceptors (Lipinski definition) is 11. The van der Waals surface area contributed by atoms with Crippen molar-refractivity contribution >= 4 is 58.0 Å². The number of benzene rings is 3. The van der Waals surface area contributed by atoms with Crippen LogP contribution >= 0.6 is 11.6 Å². The van der Waals surface area contributed by atoms with Gasteiger partial charge in [-0.05, 0) is 66.8 Å². The third-order valence-electron chi connectivity index (χ3n) is 11.1. The molecule has 5 aromatic rings. The van der Waals surface area contributed by atoms with E-state index in [1.165, 1.54) is 5.69 Å². The predicted molar refractivity (Wildman–Crippen MR) is 228 cm³/mol. The van der Waals surface area contributed by atoms with Crippen LogP contribution in [-0.4, -0.2) is 100 Å². The smallest absolute Gasteiger partial charge is 0.249 e. The van der Waals surface area contributed by atoms with Gasteiger partial charge in [0.25, 0.3) is 0 Å². The topological polar surface area (TPSA) is 148 Å². The molecule has 0 bridgehead atoms. The molecule has 58 heavy (non-hydrogen) atoms. The lowest BCUT2D eigenvalue weighted by atomic mass is 10.0. The Morgan fingerprint density at radius 3 is 2.29 bits per heavy atom. The molecule has 3 aromatic carbocycles. The molecule has 1 atom stereocenters. The van der Waals surface area contributed by atoms with E-state index >= 15 is 0 Å². The first-order chi connectivity index (χ1) is 28.3. The van der Waals surface area contributed by atoms with Crippen LogP contribution in [0.15, 0.2) is 104 Å². The number of anilines is 5. The summed E-state index contributed by atoms with van der Waals surface area (Å²) in [5.74, 6) is -0.162. The van der Waals surface area contributed by atoms with Crippen LogP contribution in [0.1, 0.15) is 32.1 Å². The highest BCUT2D eigenvalue weighted by Gasteiger charge is 2.29. The van der Waals surface area contributed by atoms with E-state index in [0.29, 0.717) is 59.9 Å². The summed E-state index contributed by atoms with van der Waals surface area (Å²) in [4.78, 5) is 57.4. The lowest BCUT2D eigenvalue weighted by Crippen LogP contribution is -2.53. The van der Waals surface area contributed by atoms with Crippen LogP contribution in [0, 0.1) is 0 Å². The zero-order chi connectivity index (χ0) is 39.8. The molecule has 298 valence electrons. The summed E-state index contributed by atoms with van der Waals surface area (Å²) in [5.41, 5.74) is 6.96.